The minimum atomic E-state index is -4.97. The Bertz CT molecular complexity index is 2030. The Hall–Kier alpha value is -1.94. The Kier molecular flexibility index (Phi) is 74.7. The van der Waals surface area contributed by atoms with E-state index in [2.05, 4.69) is 48.5 Å². The van der Waals surface area contributed by atoms with Crippen molar-refractivity contribution in [2.45, 2.75) is 471 Å². The third-order valence-electron chi connectivity index (χ3n) is 20.5. The maximum atomic E-state index is 13.1. The molecule has 19 heteroatoms. The molecule has 0 bridgehead atoms. The van der Waals surface area contributed by atoms with Crippen molar-refractivity contribution in [1.29, 1.82) is 0 Å². The van der Waals surface area contributed by atoms with Crippen molar-refractivity contribution in [3.8, 4) is 0 Å². The molecule has 17 nitrogen and oxygen atoms in total. The van der Waals surface area contributed by atoms with Crippen LogP contribution in [0.15, 0.2) is 0 Å². The number of hydrogen-bond acceptors (Lipinski definition) is 15. The van der Waals surface area contributed by atoms with E-state index in [9.17, 15) is 43.2 Å². The number of unbranched alkanes of at least 4 members (excludes halogenated alkanes) is 51. The summed E-state index contributed by atoms with van der Waals surface area (Å²) < 4.78 is 68.9. The van der Waals surface area contributed by atoms with Crippen LogP contribution in [0.25, 0.3) is 0 Å². The molecule has 0 fully saturated rings. The van der Waals surface area contributed by atoms with Gasteiger partial charge in [-0.3, -0.25) is 37.3 Å². The molecule has 105 heavy (non-hydrogen) atoms. The molecule has 0 heterocycles. The van der Waals surface area contributed by atoms with Crippen LogP contribution in [0, 0.1) is 17.8 Å². The summed E-state index contributed by atoms with van der Waals surface area (Å²) in [6.07, 6.45) is 66.5. The molecule has 3 unspecified atom stereocenters. The van der Waals surface area contributed by atoms with Crippen LogP contribution in [-0.4, -0.2) is 96.7 Å². The second-order valence-electron chi connectivity index (χ2n) is 32.1. The molecule has 624 valence electrons. The molecule has 0 aliphatic heterocycles. The summed E-state index contributed by atoms with van der Waals surface area (Å²) in [5.74, 6) is 0.353. The molecular formula is C86H168O17P2. The Labute approximate surface area is 645 Å². The van der Waals surface area contributed by atoms with E-state index in [1.807, 2.05) is 0 Å². The van der Waals surface area contributed by atoms with E-state index in [1.54, 1.807) is 0 Å². The minimum absolute atomic E-state index is 0.107. The molecular weight excluding hydrogens is 1370 g/mol. The van der Waals surface area contributed by atoms with Crippen LogP contribution < -0.4 is 0 Å². The number of rotatable bonds is 84. The minimum Gasteiger partial charge on any atom is -0.462 e. The van der Waals surface area contributed by atoms with Gasteiger partial charge in [0.15, 0.2) is 12.2 Å². The number of carbonyl (C=O) groups excluding carboxylic acids is 4. The molecule has 6 atom stereocenters. The molecule has 0 spiro atoms. The lowest BCUT2D eigenvalue weighted by atomic mass is 9.99. The second kappa shape index (κ2) is 76.1. The largest absolute Gasteiger partial charge is 0.472 e. The van der Waals surface area contributed by atoms with Crippen LogP contribution in [-0.2, 0) is 65.4 Å². The Morgan fingerprint density at radius 1 is 0.276 bits per heavy atom. The van der Waals surface area contributed by atoms with Gasteiger partial charge in [-0.05, 0) is 43.4 Å². The van der Waals surface area contributed by atoms with Crippen molar-refractivity contribution in [2.75, 3.05) is 39.6 Å². The lowest BCUT2D eigenvalue weighted by Gasteiger charge is -2.21. The highest BCUT2D eigenvalue weighted by molar-refractivity contribution is 7.47. The first kappa shape index (κ1) is 103. The summed E-state index contributed by atoms with van der Waals surface area (Å²) >= 11 is 0. The van der Waals surface area contributed by atoms with Gasteiger partial charge in [0.05, 0.1) is 26.4 Å². The van der Waals surface area contributed by atoms with E-state index in [-0.39, 0.29) is 25.7 Å². The van der Waals surface area contributed by atoms with Crippen LogP contribution >= 0.6 is 15.6 Å². The van der Waals surface area contributed by atoms with Gasteiger partial charge in [0, 0.05) is 25.7 Å². The first-order valence-electron chi connectivity index (χ1n) is 44.4. The average Bonchev–Trinajstić information content (AvgIpc) is 0.906. The van der Waals surface area contributed by atoms with Gasteiger partial charge in [-0.15, -0.1) is 0 Å². The normalized spacial score (nSPS) is 14.1. The number of esters is 4. The highest BCUT2D eigenvalue weighted by Gasteiger charge is 2.30. The molecule has 0 saturated heterocycles. The van der Waals surface area contributed by atoms with Gasteiger partial charge in [-0.2, -0.15) is 0 Å². The summed E-state index contributed by atoms with van der Waals surface area (Å²) in [6.45, 7) is 12.1. The second-order valence-corrected chi connectivity index (χ2v) is 35.0. The number of aliphatic hydroxyl groups is 1. The summed E-state index contributed by atoms with van der Waals surface area (Å²) in [6, 6.07) is 0. The smallest absolute Gasteiger partial charge is 0.462 e. The van der Waals surface area contributed by atoms with Gasteiger partial charge in [0.1, 0.15) is 19.3 Å². The van der Waals surface area contributed by atoms with E-state index in [1.165, 1.54) is 263 Å². The fourth-order valence-electron chi connectivity index (χ4n) is 13.3. The highest BCUT2D eigenvalue weighted by Crippen LogP contribution is 2.45. The quantitative estimate of drug-likeness (QED) is 0.0222. The number of carbonyl (C=O) groups is 4. The molecule has 0 aliphatic rings. The first-order valence-corrected chi connectivity index (χ1v) is 47.4. The van der Waals surface area contributed by atoms with E-state index in [0.717, 1.165) is 108 Å². The predicted octanol–water partition coefficient (Wildman–Crippen LogP) is 26.1. The number of phosphoric acid groups is 2. The van der Waals surface area contributed by atoms with Crippen molar-refractivity contribution in [3.05, 3.63) is 0 Å². The third-order valence-corrected chi connectivity index (χ3v) is 22.4. The van der Waals surface area contributed by atoms with Gasteiger partial charge in [-0.25, -0.2) is 9.13 Å². The number of hydrogen-bond donors (Lipinski definition) is 3. The zero-order valence-corrected chi connectivity index (χ0v) is 71.0. The van der Waals surface area contributed by atoms with Crippen LogP contribution in [0.5, 0.6) is 0 Å². The van der Waals surface area contributed by atoms with E-state index >= 15 is 0 Å². The summed E-state index contributed by atoms with van der Waals surface area (Å²) in [5.41, 5.74) is 0. The molecule has 0 aromatic rings. The first-order chi connectivity index (χ1) is 50.8. The zero-order valence-electron chi connectivity index (χ0n) is 69.2. The molecule has 0 aromatic carbocycles. The number of aliphatic hydroxyl groups excluding tert-OH is 1. The number of ether oxygens (including phenoxy) is 4. The maximum Gasteiger partial charge on any atom is 0.472 e. The Balaban J connectivity index is 5.23. The topological polar surface area (TPSA) is 237 Å². The molecule has 0 aliphatic carbocycles. The third kappa shape index (κ3) is 78.5. The predicted molar refractivity (Wildman–Crippen MR) is 432 cm³/mol. The van der Waals surface area contributed by atoms with E-state index in [4.69, 9.17) is 37.0 Å². The Morgan fingerprint density at radius 3 is 0.724 bits per heavy atom. The van der Waals surface area contributed by atoms with Gasteiger partial charge >= 0.3 is 39.5 Å². The number of phosphoric ester groups is 2. The maximum absolute atomic E-state index is 13.1. The molecule has 0 aromatic heterocycles. The lowest BCUT2D eigenvalue weighted by Crippen LogP contribution is -2.30. The average molecular weight is 1540 g/mol. The fourth-order valence-corrected chi connectivity index (χ4v) is 14.9. The standard InChI is InChI=1S/C86H168O17P2/c1-8-10-11-12-13-14-39-46-53-60-67-83(88)96-73-81(102-86(91)70-63-56-49-42-35-29-23-25-31-37-44-51-58-65-78(5)6)75-100-104(92,93)98-71-80(87)72-99-105(94,95)101-76-82(74-97-84(89)68-61-54-47-40-33-27-22-21-26-32-38-45-52-59-66-79(7)9-2)103-85(90)69-62-55-48-41-34-28-20-18-16-15-17-19-24-30-36-43-50-57-64-77(3)4/h77-82,87H,8-76H2,1-7H3,(H,92,93)(H,94,95)/t79?,80-,81+,82+/m0/s1. The van der Waals surface area contributed by atoms with Gasteiger partial charge < -0.3 is 33.8 Å². The van der Waals surface area contributed by atoms with Crippen molar-refractivity contribution in [3.63, 3.8) is 0 Å². The van der Waals surface area contributed by atoms with Crippen LogP contribution in [0.3, 0.4) is 0 Å². The monoisotopic (exact) mass is 1540 g/mol. The van der Waals surface area contributed by atoms with Gasteiger partial charge in [0.25, 0.3) is 0 Å². The SMILES string of the molecule is CCCCCCCCCCCCC(=O)OC[C@H](COP(=O)(O)OC[C@H](O)COP(=O)(O)OC[C@@H](COC(=O)CCCCCCCCCCCCCCCCC(C)CC)OC(=O)CCCCCCCCCCCCCCCCCCCCC(C)C)OC(=O)CCCCCCCCCCCCCCCC(C)C. The summed E-state index contributed by atoms with van der Waals surface area (Å²) in [4.78, 5) is 73.2. The lowest BCUT2D eigenvalue weighted by molar-refractivity contribution is -0.161. The van der Waals surface area contributed by atoms with Crippen LogP contribution in [0.2, 0.25) is 0 Å². The molecule has 0 rings (SSSR count). The van der Waals surface area contributed by atoms with Crippen molar-refractivity contribution < 1.29 is 80.2 Å². The van der Waals surface area contributed by atoms with Crippen molar-refractivity contribution in [1.82, 2.24) is 0 Å². The van der Waals surface area contributed by atoms with Crippen molar-refractivity contribution >= 4 is 39.5 Å². The summed E-state index contributed by atoms with van der Waals surface area (Å²) in [5, 5.41) is 10.7. The van der Waals surface area contributed by atoms with E-state index in [0.29, 0.717) is 25.7 Å². The molecule has 0 saturated carbocycles. The zero-order chi connectivity index (χ0) is 77.2. The van der Waals surface area contributed by atoms with Crippen LogP contribution in [0.1, 0.15) is 453 Å². The molecule has 3 N–H and O–H groups in total. The Morgan fingerprint density at radius 2 is 0.486 bits per heavy atom. The van der Waals surface area contributed by atoms with Crippen molar-refractivity contribution in [2.24, 2.45) is 17.8 Å². The molecule has 0 amide bonds. The van der Waals surface area contributed by atoms with Gasteiger partial charge in [0.2, 0.25) is 0 Å². The van der Waals surface area contributed by atoms with E-state index < -0.39 is 97.5 Å². The fraction of sp³-hybridized carbons (Fsp3) is 0.953. The highest BCUT2D eigenvalue weighted by atomic mass is 31.2. The summed E-state index contributed by atoms with van der Waals surface area (Å²) in [7, 11) is -9.93. The molecule has 0 radical (unpaired) electrons. The van der Waals surface area contributed by atoms with Crippen LogP contribution in [0.4, 0.5) is 0 Å². The van der Waals surface area contributed by atoms with Gasteiger partial charge in [-0.1, -0.05) is 402 Å².